The van der Waals surface area contributed by atoms with E-state index in [-0.39, 0.29) is 5.70 Å². The van der Waals surface area contributed by atoms with Crippen molar-refractivity contribution in [2.45, 2.75) is 6.92 Å². The van der Waals surface area contributed by atoms with Crippen molar-refractivity contribution in [1.82, 2.24) is 0 Å². The molecule has 0 unspecified atom stereocenters. The van der Waals surface area contributed by atoms with E-state index in [1.165, 1.54) is 6.20 Å². The van der Waals surface area contributed by atoms with Crippen molar-refractivity contribution >= 4 is 22.1 Å². The molecule has 0 aliphatic carbocycles. The number of rotatable bonds is 1. The fourth-order valence-electron chi connectivity index (χ4n) is 0.627. The Kier molecular flexibility index (Phi) is 2.12. The van der Waals surface area contributed by atoms with Crippen LogP contribution in [0.5, 0.6) is 0 Å². The van der Waals surface area contributed by atoms with E-state index in [0.29, 0.717) is 10.1 Å². The van der Waals surface area contributed by atoms with Crippen molar-refractivity contribution in [2.75, 3.05) is 0 Å². The van der Waals surface area contributed by atoms with E-state index in [2.05, 4.69) is 27.1 Å². The molecular weight excluding hydrogens is 212 g/mol. The smallest absolute Gasteiger partial charge is 0.256 e. The third-order valence-electron chi connectivity index (χ3n) is 1.26. The number of nitrogens with zero attached hydrogens (tertiary/aromatic N) is 2. The summed E-state index contributed by atoms with van der Waals surface area (Å²) in [5.74, 6) is 0. The van der Waals surface area contributed by atoms with Crippen molar-refractivity contribution in [1.29, 1.82) is 0 Å². The summed E-state index contributed by atoms with van der Waals surface area (Å²) in [7, 11) is 0. The molecule has 1 aliphatic heterocycles. The van der Waals surface area contributed by atoms with E-state index in [1.807, 2.05) is 0 Å². The first-order chi connectivity index (χ1) is 5.13. The van der Waals surface area contributed by atoms with Gasteiger partial charge in [-0.3, -0.25) is 10.1 Å². The summed E-state index contributed by atoms with van der Waals surface area (Å²) < 4.78 is 0.534. The molecule has 0 bridgehead atoms. The van der Waals surface area contributed by atoms with Crippen molar-refractivity contribution in [3.63, 3.8) is 0 Å². The molecule has 0 amide bonds. The summed E-state index contributed by atoms with van der Waals surface area (Å²) in [4.78, 5) is 13.4. The normalized spacial score (nSPS) is 16.0. The van der Waals surface area contributed by atoms with E-state index in [9.17, 15) is 10.1 Å². The summed E-state index contributed by atoms with van der Waals surface area (Å²) in [5.41, 5.74) is 0.556. The van der Waals surface area contributed by atoms with Crippen LogP contribution in [-0.4, -0.2) is 11.1 Å². The first-order valence-corrected chi connectivity index (χ1v) is 3.59. The molecule has 0 radical (unpaired) electrons. The Labute approximate surface area is 71.6 Å². The number of hydrogen-bond donors (Lipinski definition) is 0. The second kappa shape index (κ2) is 2.90. The van der Waals surface area contributed by atoms with E-state index in [0.717, 1.165) is 0 Å². The van der Waals surface area contributed by atoms with Crippen LogP contribution < -0.4 is 0 Å². The van der Waals surface area contributed by atoms with Gasteiger partial charge in [0.25, 0.3) is 0 Å². The second-order valence-corrected chi connectivity index (χ2v) is 2.74. The van der Waals surface area contributed by atoms with Crippen LogP contribution in [-0.2, 0) is 0 Å². The van der Waals surface area contributed by atoms with Gasteiger partial charge in [0.1, 0.15) is 0 Å². The largest absolute Gasteiger partial charge is 0.396 e. The molecular formula is C6H4BrN2O2+. The lowest BCUT2D eigenvalue weighted by Gasteiger charge is -1.91. The third-order valence-corrected chi connectivity index (χ3v) is 2.03. The van der Waals surface area contributed by atoms with Crippen molar-refractivity contribution in [3.8, 4) is 0 Å². The number of nitro groups is 1. The van der Waals surface area contributed by atoms with Gasteiger partial charge in [0.15, 0.2) is 11.8 Å². The summed E-state index contributed by atoms with van der Waals surface area (Å²) in [5, 5.41) is 10.3. The maximum absolute atomic E-state index is 10.3. The first kappa shape index (κ1) is 8.04. The quantitative estimate of drug-likeness (QED) is 0.380. The highest BCUT2D eigenvalue weighted by molar-refractivity contribution is 9.12. The average Bonchev–Trinajstić information content (AvgIpc) is 1.94. The molecule has 0 N–H and O–H groups in total. The van der Waals surface area contributed by atoms with Crippen LogP contribution in [0.4, 0.5) is 0 Å². The van der Waals surface area contributed by atoms with Crippen LogP contribution in [0, 0.1) is 10.1 Å². The molecule has 0 saturated heterocycles. The van der Waals surface area contributed by atoms with E-state index < -0.39 is 4.92 Å². The highest BCUT2D eigenvalue weighted by atomic mass is 79.9. The SMILES string of the molecule is CC1=C(Br)[C+]=NC=C1[N+](=O)[O-]. The monoisotopic (exact) mass is 215 g/mol. The van der Waals surface area contributed by atoms with Gasteiger partial charge in [-0.1, -0.05) is 4.99 Å². The minimum absolute atomic E-state index is 0.00984. The van der Waals surface area contributed by atoms with Gasteiger partial charge in [-0.2, -0.15) is 0 Å². The predicted octanol–water partition coefficient (Wildman–Crippen LogP) is 1.73. The Balaban J connectivity index is 3.11. The number of halogens is 1. The van der Waals surface area contributed by atoms with E-state index >= 15 is 0 Å². The van der Waals surface area contributed by atoms with Gasteiger partial charge in [0.05, 0.1) is 4.92 Å². The Morgan fingerprint density at radius 2 is 2.45 bits per heavy atom. The van der Waals surface area contributed by atoms with Gasteiger partial charge in [-0.25, -0.2) is 0 Å². The van der Waals surface area contributed by atoms with Crippen LogP contribution in [0.15, 0.2) is 26.9 Å². The summed E-state index contributed by atoms with van der Waals surface area (Å²) >= 11 is 3.09. The number of hydrogen-bond acceptors (Lipinski definition) is 3. The molecule has 0 saturated carbocycles. The van der Waals surface area contributed by atoms with Gasteiger partial charge in [0.2, 0.25) is 10.7 Å². The summed E-state index contributed by atoms with van der Waals surface area (Å²) in [6.45, 7) is 1.64. The average molecular weight is 216 g/mol. The Bertz CT molecular complexity index is 291. The molecule has 11 heavy (non-hydrogen) atoms. The third kappa shape index (κ3) is 1.50. The number of aliphatic imine (C=N–C) groups is 1. The van der Waals surface area contributed by atoms with Gasteiger partial charge in [-0.05, 0) is 15.9 Å². The molecule has 1 heterocycles. The highest BCUT2D eigenvalue weighted by Crippen LogP contribution is 2.21. The maximum atomic E-state index is 10.3. The first-order valence-electron chi connectivity index (χ1n) is 2.80. The van der Waals surface area contributed by atoms with Gasteiger partial charge in [-0.15, -0.1) is 0 Å². The van der Waals surface area contributed by atoms with Crippen molar-refractivity contribution < 1.29 is 4.92 Å². The summed E-state index contributed by atoms with van der Waals surface area (Å²) in [6, 6.07) is 0. The molecule has 4 nitrogen and oxygen atoms in total. The van der Waals surface area contributed by atoms with Crippen molar-refractivity contribution in [2.24, 2.45) is 4.99 Å². The topological polar surface area (TPSA) is 55.5 Å². The molecule has 0 aromatic carbocycles. The molecule has 0 aromatic heterocycles. The van der Waals surface area contributed by atoms with E-state index in [4.69, 9.17) is 0 Å². The van der Waals surface area contributed by atoms with Gasteiger partial charge in [0, 0.05) is 6.92 Å². The highest BCUT2D eigenvalue weighted by Gasteiger charge is 2.27. The molecule has 0 aromatic rings. The fourth-order valence-corrected chi connectivity index (χ4v) is 0.933. The molecule has 56 valence electrons. The maximum Gasteiger partial charge on any atom is 0.396 e. The molecule has 1 rings (SSSR count). The Morgan fingerprint density at radius 3 is 2.91 bits per heavy atom. The molecule has 0 fully saturated rings. The predicted molar refractivity (Wildman–Crippen MR) is 44.1 cm³/mol. The fraction of sp³-hybridized carbons (Fsp3) is 0.167. The molecule has 0 spiro atoms. The van der Waals surface area contributed by atoms with Crippen LogP contribution in [0.2, 0.25) is 0 Å². The van der Waals surface area contributed by atoms with E-state index in [1.54, 1.807) is 6.92 Å². The minimum Gasteiger partial charge on any atom is -0.256 e. The molecule has 5 heteroatoms. The Morgan fingerprint density at radius 1 is 1.82 bits per heavy atom. The summed E-state index contributed by atoms with van der Waals surface area (Å²) in [6.07, 6.45) is 3.74. The number of allylic oxidation sites excluding steroid dienone is 2. The van der Waals surface area contributed by atoms with Crippen LogP contribution in [0.25, 0.3) is 0 Å². The molecule has 0 atom stereocenters. The molecule has 1 aliphatic rings. The van der Waals surface area contributed by atoms with Crippen molar-refractivity contribution in [3.05, 3.63) is 32.1 Å². The zero-order valence-electron chi connectivity index (χ0n) is 5.67. The lowest BCUT2D eigenvalue weighted by molar-refractivity contribution is -0.421. The van der Waals surface area contributed by atoms with Gasteiger partial charge < -0.3 is 0 Å². The standard InChI is InChI=1S/C6H4BrN2O2/c1-4-5(7)2-8-3-6(4)9(10)11/h3H,1H3/q+1. The lowest BCUT2D eigenvalue weighted by atomic mass is 10.2. The second-order valence-electron chi connectivity index (χ2n) is 1.95. The van der Waals surface area contributed by atoms with Crippen LogP contribution >= 0.6 is 15.9 Å². The Hall–Kier alpha value is -1.06. The lowest BCUT2D eigenvalue weighted by Crippen LogP contribution is -2.03. The minimum atomic E-state index is -0.471. The van der Waals surface area contributed by atoms with Gasteiger partial charge >= 0.3 is 5.70 Å². The van der Waals surface area contributed by atoms with Crippen LogP contribution in [0.3, 0.4) is 0 Å². The zero-order valence-corrected chi connectivity index (χ0v) is 7.25. The van der Waals surface area contributed by atoms with Crippen LogP contribution in [0.1, 0.15) is 6.92 Å². The zero-order chi connectivity index (χ0) is 8.43.